The molecule has 3 saturated carbocycles. The fourth-order valence-corrected chi connectivity index (χ4v) is 9.66. The van der Waals surface area contributed by atoms with Crippen molar-refractivity contribution in [3.05, 3.63) is 35.5 Å². The number of fused-ring (bicyclic) bond motifs is 1. The molecule has 0 radical (unpaired) electrons. The highest BCUT2D eigenvalue weighted by molar-refractivity contribution is 6.74. The molecule has 0 saturated heterocycles. The molecule has 218 valence electrons. The van der Waals surface area contributed by atoms with Crippen LogP contribution in [-0.4, -0.2) is 28.8 Å². The molecule has 0 aromatic carbocycles. The van der Waals surface area contributed by atoms with Gasteiger partial charge in [-0.3, -0.25) is 0 Å². The molecular weight excluding hydrogens is 497 g/mol. The zero-order valence-electron chi connectivity index (χ0n) is 27.5. The fourth-order valence-electron chi connectivity index (χ4n) is 7.06. The van der Waals surface area contributed by atoms with Crippen LogP contribution in [0.15, 0.2) is 35.5 Å². The van der Waals surface area contributed by atoms with Crippen molar-refractivity contribution in [1.82, 2.24) is 0 Å². The van der Waals surface area contributed by atoms with E-state index in [0.29, 0.717) is 5.41 Å². The second-order valence-corrected chi connectivity index (χ2v) is 26.1. The molecule has 2 nitrogen and oxygen atoms in total. The molecule has 3 fully saturated rings. The van der Waals surface area contributed by atoms with Crippen molar-refractivity contribution in [2.24, 2.45) is 23.2 Å². The molecule has 0 N–H and O–H groups in total. The van der Waals surface area contributed by atoms with Gasteiger partial charge in [-0.25, -0.2) is 0 Å². The molecule has 4 heteroatoms. The first-order valence-electron chi connectivity index (χ1n) is 15.6. The van der Waals surface area contributed by atoms with Crippen molar-refractivity contribution in [1.29, 1.82) is 0 Å². The number of rotatable bonds is 6. The molecule has 0 bridgehead atoms. The summed E-state index contributed by atoms with van der Waals surface area (Å²) in [7, 11) is -3.88. The minimum absolute atomic E-state index is 0.0532. The van der Waals surface area contributed by atoms with Gasteiger partial charge in [-0.1, -0.05) is 92.2 Å². The molecule has 0 heterocycles. The van der Waals surface area contributed by atoms with Gasteiger partial charge in [-0.2, -0.15) is 0 Å². The van der Waals surface area contributed by atoms with E-state index in [1.807, 2.05) is 0 Å². The molecule has 3 rings (SSSR count). The fraction of sp³-hybridized carbons (Fsp3) is 0.824. The Morgan fingerprint density at radius 1 is 0.868 bits per heavy atom. The van der Waals surface area contributed by atoms with Crippen molar-refractivity contribution < 1.29 is 8.85 Å². The van der Waals surface area contributed by atoms with Crippen LogP contribution in [0.4, 0.5) is 0 Å². The summed E-state index contributed by atoms with van der Waals surface area (Å²) in [6.45, 7) is 35.6. The van der Waals surface area contributed by atoms with Crippen LogP contribution in [0.25, 0.3) is 0 Å². The van der Waals surface area contributed by atoms with E-state index in [1.165, 1.54) is 43.3 Å². The molecule has 5 atom stereocenters. The van der Waals surface area contributed by atoms with E-state index < -0.39 is 16.6 Å². The molecule has 0 aromatic heterocycles. The van der Waals surface area contributed by atoms with Gasteiger partial charge in [-0.05, 0) is 110 Å². The third kappa shape index (κ3) is 6.55. The first kappa shape index (κ1) is 32.1. The highest BCUT2D eigenvalue weighted by atomic mass is 28.4. The molecular formula is C34H62O2Si2. The smallest absolute Gasteiger partial charge is 0.192 e. The first-order chi connectivity index (χ1) is 17.2. The molecule has 3 aliphatic carbocycles. The average Bonchev–Trinajstić information content (AvgIpc) is 3.11. The van der Waals surface area contributed by atoms with Crippen LogP contribution in [0.5, 0.6) is 0 Å². The standard InChI is InChI=1S/C34H62O2Si2/c1-24(2)28-19-20-29-27(16-15-21-34(28,29)10)18-17-26-22-30(35-37(11,12)32(4,5)6)25(3)31(23-26)36-38(13,14)33(7,8)9/h17-18,24,28-31H,3,15-16,19-23H2,1-2,4-14H3/b26-17?,27-18+/t28?,29?,30-,31+,34-/m1/s1. The zero-order chi connectivity index (χ0) is 28.9. The lowest BCUT2D eigenvalue weighted by Crippen LogP contribution is -2.49. The second kappa shape index (κ2) is 11.1. The van der Waals surface area contributed by atoms with E-state index in [0.717, 1.165) is 30.6 Å². The van der Waals surface area contributed by atoms with Crippen LogP contribution in [0.1, 0.15) is 107 Å². The minimum atomic E-state index is -1.94. The Morgan fingerprint density at radius 3 is 1.82 bits per heavy atom. The van der Waals surface area contributed by atoms with Gasteiger partial charge in [0.1, 0.15) is 0 Å². The third-order valence-corrected chi connectivity index (χ3v) is 20.6. The van der Waals surface area contributed by atoms with Gasteiger partial charge in [0.05, 0.1) is 12.2 Å². The Bertz CT molecular complexity index is 885. The predicted octanol–water partition coefficient (Wildman–Crippen LogP) is 10.8. The van der Waals surface area contributed by atoms with E-state index in [2.05, 4.69) is 107 Å². The summed E-state index contributed by atoms with van der Waals surface area (Å²) in [6, 6.07) is 0. The summed E-state index contributed by atoms with van der Waals surface area (Å²) in [4.78, 5) is 0. The lowest BCUT2D eigenvalue weighted by Gasteiger charge is -2.46. The van der Waals surface area contributed by atoms with Crippen molar-refractivity contribution in [2.45, 2.75) is 156 Å². The zero-order valence-corrected chi connectivity index (χ0v) is 29.5. The SMILES string of the molecule is C=C1[C@@H](O[Si](C)(C)C(C)(C)C)CC(=C/C=C2\CCC[C@@]3(C)C2CCC3C(C)C)C[C@H]1O[Si](C)(C)C(C)(C)C. The largest absolute Gasteiger partial charge is 0.410 e. The second-order valence-electron chi connectivity index (χ2n) is 16.6. The Hall–Kier alpha value is -0.426. The van der Waals surface area contributed by atoms with E-state index in [-0.39, 0.29) is 22.3 Å². The van der Waals surface area contributed by atoms with E-state index in [1.54, 1.807) is 5.57 Å². The van der Waals surface area contributed by atoms with E-state index in [9.17, 15) is 0 Å². The number of hydrogen-bond donors (Lipinski definition) is 0. The maximum absolute atomic E-state index is 7.05. The van der Waals surface area contributed by atoms with Gasteiger partial charge in [-0.15, -0.1) is 0 Å². The monoisotopic (exact) mass is 558 g/mol. The lowest BCUT2D eigenvalue weighted by atomic mass is 9.61. The van der Waals surface area contributed by atoms with Gasteiger partial charge in [0.2, 0.25) is 0 Å². The molecule has 2 unspecified atom stereocenters. The Morgan fingerprint density at radius 2 is 1.37 bits per heavy atom. The number of allylic oxidation sites excluding steroid dienone is 3. The number of hydrogen-bond acceptors (Lipinski definition) is 2. The maximum Gasteiger partial charge on any atom is 0.192 e. The molecule has 0 spiro atoms. The van der Waals surface area contributed by atoms with Crippen molar-refractivity contribution in [3.8, 4) is 0 Å². The van der Waals surface area contributed by atoms with E-state index >= 15 is 0 Å². The molecule has 0 amide bonds. The normalized spacial score (nSPS) is 33.9. The Kier molecular flexibility index (Phi) is 9.37. The predicted molar refractivity (Wildman–Crippen MR) is 172 cm³/mol. The quantitative estimate of drug-likeness (QED) is 0.238. The van der Waals surface area contributed by atoms with E-state index in [4.69, 9.17) is 8.85 Å². The van der Waals surface area contributed by atoms with Gasteiger partial charge in [0.15, 0.2) is 16.6 Å². The minimum Gasteiger partial charge on any atom is -0.410 e. The van der Waals surface area contributed by atoms with Crippen LogP contribution in [-0.2, 0) is 8.85 Å². The summed E-state index contributed by atoms with van der Waals surface area (Å²) in [6.07, 6.45) is 13.9. The van der Waals surface area contributed by atoms with Gasteiger partial charge >= 0.3 is 0 Å². The van der Waals surface area contributed by atoms with Crippen molar-refractivity contribution in [2.75, 3.05) is 0 Å². The van der Waals surface area contributed by atoms with Gasteiger partial charge in [0.25, 0.3) is 0 Å². The average molecular weight is 559 g/mol. The Labute approximate surface area is 239 Å². The first-order valence-corrected chi connectivity index (χ1v) is 21.4. The van der Waals surface area contributed by atoms with Crippen LogP contribution in [0.2, 0.25) is 36.3 Å². The highest BCUT2D eigenvalue weighted by Gasteiger charge is 2.50. The molecule has 38 heavy (non-hydrogen) atoms. The summed E-state index contributed by atoms with van der Waals surface area (Å²) >= 11 is 0. The Balaban J connectivity index is 1.92. The van der Waals surface area contributed by atoms with Crippen LogP contribution >= 0.6 is 0 Å². The van der Waals surface area contributed by atoms with Gasteiger partial charge in [0, 0.05) is 0 Å². The summed E-state index contributed by atoms with van der Waals surface area (Å²) < 4.78 is 14.1. The van der Waals surface area contributed by atoms with Crippen LogP contribution in [0.3, 0.4) is 0 Å². The van der Waals surface area contributed by atoms with Crippen molar-refractivity contribution >= 4 is 16.6 Å². The summed E-state index contributed by atoms with van der Waals surface area (Å²) in [5.74, 6) is 2.41. The molecule has 0 aliphatic heterocycles. The highest BCUT2D eigenvalue weighted by Crippen LogP contribution is 2.59. The maximum atomic E-state index is 7.05. The lowest BCUT2D eigenvalue weighted by molar-refractivity contribution is 0.104. The van der Waals surface area contributed by atoms with Gasteiger partial charge < -0.3 is 8.85 Å². The van der Waals surface area contributed by atoms with Crippen molar-refractivity contribution in [3.63, 3.8) is 0 Å². The topological polar surface area (TPSA) is 18.5 Å². The summed E-state index contributed by atoms with van der Waals surface area (Å²) in [5, 5.41) is 0.350. The summed E-state index contributed by atoms with van der Waals surface area (Å²) in [5.41, 5.74) is 4.86. The third-order valence-electron chi connectivity index (χ3n) is 11.6. The molecule has 3 aliphatic rings. The molecule has 0 aromatic rings. The van der Waals surface area contributed by atoms with Crippen LogP contribution < -0.4 is 0 Å². The van der Waals surface area contributed by atoms with Crippen LogP contribution in [0, 0.1) is 23.2 Å².